The number of aryl methyl sites for hydroxylation is 1. The summed E-state index contributed by atoms with van der Waals surface area (Å²) in [5, 5.41) is 3.18. The zero-order chi connectivity index (χ0) is 12.3. The Bertz CT molecular complexity index is 463. The standard InChI is InChI=1S/C11H16N4O2/c1-9-6-13-11(17)15(7-9)8-10(16)14-4-2-12-3-5-14/h6-7,12H,2-5,8H2,1H3. The molecule has 6 heteroatoms. The van der Waals surface area contributed by atoms with Gasteiger partial charge in [0, 0.05) is 38.6 Å². The Labute approximate surface area is 99.3 Å². The zero-order valence-electron chi connectivity index (χ0n) is 9.85. The maximum atomic E-state index is 11.9. The summed E-state index contributed by atoms with van der Waals surface area (Å²) in [6.07, 6.45) is 3.17. The van der Waals surface area contributed by atoms with Gasteiger partial charge in [-0.1, -0.05) is 0 Å². The van der Waals surface area contributed by atoms with Gasteiger partial charge in [-0.3, -0.25) is 9.36 Å². The van der Waals surface area contributed by atoms with Crippen LogP contribution < -0.4 is 11.0 Å². The normalized spacial score (nSPS) is 15.9. The molecule has 0 saturated carbocycles. The molecule has 1 aliphatic heterocycles. The largest absolute Gasteiger partial charge is 0.347 e. The Morgan fingerprint density at radius 3 is 2.88 bits per heavy atom. The van der Waals surface area contributed by atoms with Crippen LogP contribution >= 0.6 is 0 Å². The van der Waals surface area contributed by atoms with Gasteiger partial charge in [0.15, 0.2) is 0 Å². The number of amides is 1. The van der Waals surface area contributed by atoms with Crippen LogP contribution in [0, 0.1) is 6.92 Å². The van der Waals surface area contributed by atoms with Crippen molar-refractivity contribution in [1.29, 1.82) is 0 Å². The third-order valence-electron chi connectivity index (χ3n) is 2.76. The first-order valence-corrected chi connectivity index (χ1v) is 5.68. The molecule has 1 aliphatic rings. The summed E-state index contributed by atoms with van der Waals surface area (Å²) in [5.74, 6) is -0.0269. The van der Waals surface area contributed by atoms with Gasteiger partial charge in [-0.05, 0) is 12.5 Å². The first-order valence-electron chi connectivity index (χ1n) is 5.68. The Hall–Kier alpha value is -1.69. The molecule has 17 heavy (non-hydrogen) atoms. The third-order valence-corrected chi connectivity index (χ3v) is 2.76. The lowest BCUT2D eigenvalue weighted by Gasteiger charge is -2.27. The number of piperazine rings is 1. The molecule has 0 unspecified atom stereocenters. The molecule has 1 saturated heterocycles. The highest BCUT2D eigenvalue weighted by atomic mass is 16.2. The van der Waals surface area contributed by atoms with Crippen molar-refractivity contribution < 1.29 is 4.79 Å². The van der Waals surface area contributed by atoms with Crippen molar-refractivity contribution in [2.75, 3.05) is 26.2 Å². The van der Waals surface area contributed by atoms with E-state index in [4.69, 9.17) is 0 Å². The fraction of sp³-hybridized carbons (Fsp3) is 0.545. The second-order valence-electron chi connectivity index (χ2n) is 4.17. The molecule has 0 atom stereocenters. The summed E-state index contributed by atoms with van der Waals surface area (Å²) in [6.45, 7) is 4.95. The molecular formula is C11H16N4O2. The first-order chi connectivity index (χ1) is 8.16. The number of rotatable bonds is 2. The molecule has 6 nitrogen and oxygen atoms in total. The molecular weight excluding hydrogens is 220 g/mol. The van der Waals surface area contributed by atoms with Crippen LogP contribution in [0.2, 0.25) is 0 Å². The summed E-state index contributed by atoms with van der Waals surface area (Å²) in [7, 11) is 0. The van der Waals surface area contributed by atoms with Crippen LogP contribution in [0.4, 0.5) is 0 Å². The van der Waals surface area contributed by atoms with Crippen LogP contribution in [0.1, 0.15) is 5.56 Å². The Kier molecular flexibility index (Phi) is 3.53. The van der Waals surface area contributed by atoms with Gasteiger partial charge in [0.1, 0.15) is 6.54 Å². The molecule has 0 aromatic carbocycles. The van der Waals surface area contributed by atoms with E-state index in [1.807, 2.05) is 6.92 Å². The number of carbonyl (C=O) groups is 1. The van der Waals surface area contributed by atoms with Gasteiger partial charge in [-0.2, -0.15) is 0 Å². The van der Waals surface area contributed by atoms with E-state index in [1.54, 1.807) is 11.1 Å². The molecule has 0 aliphatic carbocycles. The Morgan fingerprint density at radius 2 is 2.18 bits per heavy atom. The van der Waals surface area contributed by atoms with E-state index >= 15 is 0 Å². The molecule has 1 fully saturated rings. The number of nitrogens with one attached hydrogen (secondary N) is 1. The molecule has 0 radical (unpaired) electrons. The Balaban J connectivity index is 2.07. The van der Waals surface area contributed by atoms with E-state index < -0.39 is 0 Å². The van der Waals surface area contributed by atoms with E-state index in [0.29, 0.717) is 13.1 Å². The summed E-state index contributed by atoms with van der Waals surface area (Å²) < 4.78 is 1.36. The minimum absolute atomic E-state index is 0.0269. The van der Waals surface area contributed by atoms with Gasteiger partial charge in [0.25, 0.3) is 0 Å². The van der Waals surface area contributed by atoms with E-state index in [9.17, 15) is 9.59 Å². The van der Waals surface area contributed by atoms with Gasteiger partial charge >= 0.3 is 5.69 Å². The van der Waals surface area contributed by atoms with Crippen molar-refractivity contribution in [2.24, 2.45) is 0 Å². The van der Waals surface area contributed by atoms with Crippen molar-refractivity contribution in [3.8, 4) is 0 Å². The minimum Gasteiger partial charge on any atom is -0.339 e. The smallest absolute Gasteiger partial charge is 0.339 e. The van der Waals surface area contributed by atoms with Crippen LogP contribution in [-0.4, -0.2) is 46.5 Å². The second-order valence-corrected chi connectivity index (χ2v) is 4.17. The predicted molar refractivity (Wildman–Crippen MR) is 62.7 cm³/mol. The number of carbonyl (C=O) groups excluding carboxylic acids is 1. The van der Waals surface area contributed by atoms with E-state index in [0.717, 1.165) is 18.7 Å². The van der Waals surface area contributed by atoms with Crippen molar-refractivity contribution in [1.82, 2.24) is 19.8 Å². The quantitative estimate of drug-likeness (QED) is 0.714. The van der Waals surface area contributed by atoms with E-state index in [-0.39, 0.29) is 18.1 Å². The highest BCUT2D eigenvalue weighted by Gasteiger charge is 2.16. The molecule has 1 N–H and O–H groups in total. The molecule has 0 spiro atoms. The Morgan fingerprint density at radius 1 is 1.47 bits per heavy atom. The summed E-state index contributed by atoms with van der Waals surface area (Å²) >= 11 is 0. The number of aromatic nitrogens is 2. The fourth-order valence-corrected chi connectivity index (χ4v) is 1.84. The summed E-state index contributed by atoms with van der Waals surface area (Å²) in [4.78, 5) is 28.9. The van der Waals surface area contributed by atoms with Crippen LogP contribution in [0.3, 0.4) is 0 Å². The highest BCUT2D eigenvalue weighted by molar-refractivity contribution is 5.76. The highest BCUT2D eigenvalue weighted by Crippen LogP contribution is 1.96. The molecule has 2 rings (SSSR count). The molecule has 1 aromatic rings. The van der Waals surface area contributed by atoms with Gasteiger partial charge in [0.2, 0.25) is 5.91 Å². The molecule has 92 valence electrons. The summed E-state index contributed by atoms with van der Waals surface area (Å²) in [5.41, 5.74) is 0.497. The number of nitrogens with zero attached hydrogens (tertiary/aromatic N) is 3. The van der Waals surface area contributed by atoms with Crippen LogP contribution in [0.25, 0.3) is 0 Å². The lowest BCUT2D eigenvalue weighted by molar-refractivity contribution is -0.132. The molecule has 1 amide bonds. The van der Waals surface area contributed by atoms with E-state index in [1.165, 1.54) is 10.8 Å². The zero-order valence-corrected chi connectivity index (χ0v) is 9.85. The third kappa shape index (κ3) is 2.91. The van der Waals surface area contributed by atoms with Crippen molar-refractivity contribution in [2.45, 2.75) is 13.5 Å². The van der Waals surface area contributed by atoms with Crippen LogP contribution in [0.5, 0.6) is 0 Å². The number of hydrogen-bond donors (Lipinski definition) is 1. The average Bonchev–Trinajstić information content (AvgIpc) is 2.35. The van der Waals surface area contributed by atoms with Crippen LogP contribution in [-0.2, 0) is 11.3 Å². The number of hydrogen-bond acceptors (Lipinski definition) is 4. The van der Waals surface area contributed by atoms with Crippen molar-refractivity contribution in [3.05, 3.63) is 28.4 Å². The van der Waals surface area contributed by atoms with Gasteiger partial charge in [0.05, 0.1) is 0 Å². The molecule has 2 heterocycles. The topological polar surface area (TPSA) is 67.2 Å². The predicted octanol–water partition coefficient (Wildman–Crippen LogP) is -1.02. The van der Waals surface area contributed by atoms with Gasteiger partial charge < -0.3 is 10.2 Å². The molecule has 1 aromatic heterocycles. The fourth-order valence-electron chi connectivity index (χ4n) is 1.84. The lowest BCUT2D eigenvalue weighted by atomic mass is 10.3. The first kappa shape index (κ1) is 11.8. The van der Waals surface area contributed by atoms with Crippen molar-refractivity contribution in [3.63, 3.8) is 0 Å². The van der Waals surface area contributed by atoms with Gasteiger partial charge in [-0.15, -0.1) is 0 Å². The van der Waals surface area contributed by atoms with E-state index in [2.05, 4.69) is 10.3 Å². The van der Waals surface area contributed by atoms with Gasteiger partial charge in [-0.25, -0.2) is 9.78 Å². The van der Waals surface area contributed by atoms with Crippen molar-refractivity contribution >= 4 is 5.91 Å². The SMILES string of the molecule is Cc1cnc(=O)n(CC(=O)N2CCNCC2)c1. The van der Waals surface area contributed by atoms with Crippen LogP contribution in [0.15, 0.2) is 17.2 Å². The second kappa shape index (κ2) is 5.09. The minimum atomic E-state index is -0.376. The average molecular weight is 236 g/mol. The lowest BCUT2D eigenvalue weighted by Crippen LogP contribution is -2.48. The molecule has 0 bridgehead atoms. The summed E-state index contributed by atoms with van der Waals surface area (Å²) in [6, 6.07) is 0. The maximum Gasteiger partial charge on any atom is 0.347 e. The maximum absolute atomic E-state index is 11.9. The monoisotopic (exact) mass is 236 g/mol.